The van der Waals surface area contributed by atoms with Crippen molar-refractivity contribution in [1.29, 1.82) is 0 Å². The van der Waals surface area contributed by atoms with Gasteiger partial charge in [0.05, 0.1) is 6.54 Å². The molecule has 0 aromatic rings. The van der Waals surface area contributed by atoms with Crippen molar-refractivity contribution in [3.63, 3.8) is 0 Å². The molecule has 0 aliphatic heterocycles. The fourth-order valence-corrected chi connectivity index (χ4v) is 2.13. The fourth-order valence-electron chi connectivity index (χ4n) is 2.13. The van der Waals surface area contributed by atoms with E-state index in [0.717, 1.165) is 0 Å². The number of rotatable bonds is 4. The maximum atomic E-state index is 10.6. The number of carboxylic acid groups (broad SMARTS) is 1. The van der Waals surface area contributed by atoms with Crippen LogP contribution in [0.2, 0.25) is 0 Å². The van der Waals surface area contributed by atoms with Gasteiger partial charge in [0.15, 0.2) is 0 Å². The molecule has 0 radical (unpaired) electrons. The van der Waals surface area contributed by atoms with Gasteiger partial charge in [0, 0.05) is 12.1 Å². The Balaban J connectivity index is 2.50. The first-order chi connectivity index (χ1) is 6.11. The number of aliphatic carboxylic acids is 1. The fraction of sp³-hybridized carbons (Fsp3) is 0.900. The molecule has 0 heterocycles. The average molecular weight is 185 g/mol. The lowest BCUT2D eigenvalue weighted by Crippen LogP contribution is -2.42. The van der Waals surface area contributed by atoms with E-state index in [2.05, 4.69) is 18.7 Å². The first kappa shape index (κ1) is 10.5. The van der Waals surface area contributed by atoms with E-state index in [4.69, 9.17) is 5.11 Å². The third kappa shape index (κ3) is 2.99. The summed E-state index contributed by atoms with van der Waals surface area (Å²) in [4.78, 5) is 12.7. The second-order valence-electron chi connectivity index (χ2n) is 4.10. The summed E-state index contributed by atoms with van der Waals surface area (Å²) in [6.45, 7) is 4.34. The molecule has 0 aromatic carbocycles. The van der Waals surface area contributed by atoms with Gasteiger partial charge in [0.2, 0.25) is 0 Å². The molecular weight excluding hydrogens is 166 g/mol. The highest BCUT2D eigenvalue weighted by Gasteiger charge is 2.25. The molecule has 1 aliphatic rings. The van der Waals surface area contributed by atoms with Crippen molar-refractivity contribution < 1.29 is 9.90 Å². The molecule has 76 valence electrons. The second-order valence-corrected chi connectivity index (χ2v) is 4.10. The largest absolute Gasteiger partial charge is 0.480 e. The van der Waals surface area contributed by atoms with Crippen LogP contribution in [0, 0.1) is 0 Å². The van der Waals surface area contributed by atoms with E-state index in [1.165, 1.54) is 25.7 Å². The molecule has 1 N–H and O–H groups in total. The lowest BCUT2D eigenvalue weighted by molar-refractivity contribution is -0.139. The van der Waals surface area contributed by atoms with Gasteiger partial charge in [0.1, 0.15) is 0 Å². The quantitative estimate of drug-likeness (QED) is 0.725. The molecule has 1 fully saturated rings. The normalized spacial score (nSPS) is 18.8. The third-order valence-electron chi connectivity index (χ3n) is 2.77. The molecule has 3 nitrogen and oxygen atoms in total. The van der Waals surface area contributed by atoms with Gasteiger partial charge >= 0.3 is 5.97 Å². The molecule has 0 amide bonds. The van der Waals surface area contributed by atoms with E-state index in [0.29, 0.717) is 12.1 Å². The minimum Gasteiger partial charge on any atom is -0.480 e. The highest BCUT2D eigenvalue weighted by Crippen LogP contribution is 2.24. The zero-order valence-corrected chi connectivity index (χ0v) is 8.49. The number of carboxylic acids is 1. The zero-order valence-electron chi connectivity index (χ0n) is 8.49. The van der Waals surface area contributed by atoms with E-state index < -0.39 is 5.97 Å². The third-order valence-corrected chi connectivity index (χ3v) is 2.77. The van der Waals surface area contributed by atoms with Crippen LogP contribution in [-0.2, 0) is 4.79 Å². The minimum atomic E-state index is -0.708. The molecule has 1 rings (SSSR count). The molecular formula is C10H19NO2. The predicted molar refractivity (Wildman–Crippen MR) is 51.7 cm³/mol. The van der Waals surface area contributed by atoms with Crippen molar-refractivity contribution in [3.8, 4) is 0 Å². The van der Waals surface area contributed by atoms with Crippen molar-refractivity contribution in [1.82, 2.24) is 4.90 Å². The summed E-state index contributed by atoms with van der Waals surface area (Å²) in [5.74, 6) is -0.708. The van der Waals surface area contributed by atoms with Gasteiger partial charge in [-0.15, -0.1) is 0 Å². The number of nitrogens with zero attached hydrogens (tertiary/aromatic N) is 1. The molecule has 0 aromatic heterocycles. The highest BCUT2D eigenvalue weighted by atomic mass is 16.4. The van der Waals surface area contributed by atoms with Gasteiger partial charge in [0.25, 0.3) is 0 Å². The molecule has 0 saturated heterocycles. The standard InChI is InChI=1S/C10H19NO2/c1-8(2)11(7-10(12)13)9-5-3-4-6-9/h8-9H,3-7H2,1-2H3,(H,12,13). The van der Waals surface area contributed by atoms with Crippen LogP contribution in [-0.4, -0.2) is 34.6 Å². The van der Waals surface area contributed by atoms with Crippen LogP contribution < -0.4 is 0 Å². The Hall–Kier alpha value is -0.570. The van der Waals surface area contributed by atoms with Gasteiger partial charge in [-0.05, 0) is 26.7 Å². The zero-order chi connectivity index (χ0) is 9.84. The van der Waals surface area contributed by atoms with Gasteiger partial charge in [-0.25, -0.2) is 0 Å². The van der Waals surface area contributed by atoms with Crippen molar-refractivity contribution in [2.45, 2.75) is 51.6 Å². The van der Waals surface area contributed by atoms with E-state index in [1.54, 1.807) is 0 Å². The van der Waals surface area contributed by atoms with Crippen LogP contribution in [0.3, 0.4) is 0 Å². The molecule has 13 heavy (non-hydrogen) atoms. The minimum absolute atomic E-state index is 0.197. The summed E-state index contributed by atoms with van der Waals surface area (Å²) >= 11 is 0. The van der Waals surface area contributed by atoms with E-state index >= 15 is 0 Å². The maximum Gasteiger partial charge on any atom is 0.317 e. The molecule has 1 aliphatic carbocycles. The van der Waals surface area contributed by atoms with Crippen LogP contribution in [0.4, 0.5) is 0 Å². The van der Waals surface area contributed by atoms with Crippen LogP contribution in [0.25, 0.3) is 0 Å². The Kier molecular flexibility index (Phi) is 3.72. The predicted octanol–water partition coefficient (Wildman–Crippen LogP) is 1.72. The summed E-state index contributed by atoms with van der Waals surface area (Å²) in [6, 6.07) is 0.857. The molecule has 1 saturated carbocycles. The maximum absolute atomic E-state index is 10.6. The van der Waals surface area contributed by atoms with Gasteiger partial charge in [-0.3, -0.25) is 9.69 Å². The van der Waals surface area contributed by atoms with Crippen LogP contribution in [0.1, 0.15) is 39.5 Å². The van der Waals surface area contributed by atoms with E-state index in [9.17, 15) is 4.79 Å². The summed E-state index contributed by atoms with van der Waals surface area (Å²) < 4.78 is 0. The molecule has 3 heteroatoms. The Bertz CT molecular complexity index is 174. The summed E-state index contributed by atoms with van der Waals surface area (Å²) in [6.07, 6.45) is 4.86. The summed E-state index contributed by atoms with van der Waals surface area (Å²) in [7, 11) is 0. The van der Waals surface area contributed by atoms with Gasteiger partial charge in [-0.1, -0.05) is 12.8 Å². The van der Waals surface area contributed by atoms with Crippen LogP contribution >= 0.6 is 0 Å². The lowest BCUT2D eigenvalue weighted by atomic mass is 10.1. The van der Waals surface area contributed by atoms with Gasteiger partial charge < -0.3 is 5.11 Å². The molecule has 0 bridgehead atoms. The van der Waals surface area contributed by atoms with Crippen LogP contribution in [0.5, 0.6) is 0 Å². The Labute approximate surface area is 79.7 Å². The van der Waals surface area contributed by atoms with Crippen LogP contribution in [0.15, 0.2) is 0 Å². The Morgan fingerprint density at radius 1 is 1.46 bits per heavy atom. The van der Waals surface area contributed by atoms with Crippen molar-refractivity contribution >= 4 is 5.97 Å². The second kappa shape index (κ2) is 4.61. The highest BCUT2D eigenvalue weighted by molar-refractivity contribution is 5.69. The summed E-state index contributed by atoms with van der Waals surface area (Å²) in [5.41, 5.74) is 0. The monoisotopic (exact) mass is 185 g/mol. The van der Waals surface area contributed by atoms with Crippen molar-refractivity contribution in [3.05, 3.63) is 0 Å². The lowest BCUT2D eigenvalue weighted by Gasteiger charge is -2.30. The number of hydrogen-bond acceptors (Lipinski definition) is 2. The first-order valence-electron chi connectivity index (χ1n) is 5.09. The smallest absolute Gasteiger partial charge is 0.317 e. The van der Waals surface area contributed by atoms with Crippen molar-refractivity contribution in [2.75, 3.05) is 6.54 Å². The topological polar surface area (TPSA) is 40.5 Å². The number of carbonyl (C=O) groups is 1. The first-order valence-corrected chi connectivity index (χ1v) is 5.09. The van der Waals surface area contributed by atoms with E-state index in [1.807, 2.05) is 0 Å². The Morgan fingerprint density at radius 3 is 2.38 bits per heavy atom. The summed E-state index contributed by atoms with van der Waals surface area (Å²) in [5, 5.41) is 8.75. The average Bonchev–Trinajstić information content (AvgIpc) is 2.50. The number of hydrogen-bond donors (Lipinski definition) is 1. The molecule has 0 atom stereocenters. The van der Waals surface area contributed by atoms with E-state index in [-0.39, 0.29) is 6.54 Å². The molecule has 0 spiro atoms. The SMILES string of the molecule is CC(C)N(CC(=O)O)C1CCCC1. The van der Waals surface area contributed by atoms with Crippen molar-refractivity contribution in [2.24, 2.45) is 0 Å². The molecule has 0 unspecified atom stereocenters. The van der Waals surface area contributed by atoms with Gasteiger partial charge in [-0.2, -0.15) is 0 Å². The Morgan fingerprint density at radius 2 is 2.00 bits per heavy atom.